The molecule has 1 amide bonds. The molecule has 1 atom stereocenters. The van der Waals surface area contributed by atoms with Crippen molar-refractivity contribution in [2.24, 2.45) is 0 Å². The molecule has 0 aliphatic carbocycles. The number of fused-ring (bicyclic) bond motifs is 2. The zero-order valence-electron chi connectivity index (χ0n) is 19.9. The lowest BCUT2D eigenvalue weighted by Crippen LogP contribution is -2.43. The number of pyridine rings is 1. The molecule has 3 aromatic heterocycles. The monoisotopic (exact) mass is 474 g/mol. The number of nitrogens with zero attached hydrogens (tertiary/aromatic N) is 5. The number of aliphatic carboxylic acids is 1. The number of amides is 1. The smallest absolute Gasteiger partial charge is 0.305 e. The maximum absolute atomic E-state index is 13.4. The number of aromatic nitrogens is 4. The van der Waals surface area contributed by atoms with E-state index >= 15 is 0 Å². The molecule has 0 saturated heterocycles. The molecular formula is C26H30N6O3. The van der Waals surface area contributed by atoms with Crippen molar-refractivity contribution in [3.8, 4) is 0 Å². The SMILES string of the molecule is CCc1ncc(C(CC(=O)O)N2CCn3cc(CCc4ccc5c(n4)NCCC5)cc3C2=O)cn1. The predicted octanol–water partition coefficient (Wildman–Crippen LogP) is 3.05. The molecular weight excluding hydrogens is 444 g/mol. The van der Waals surface area contributed by atoms with Gasteiger partial charge in [-0.3, -0.25) is 9.59 Å². The fourth-order valence-electron chi connectivity index (χ4n) is 4.91. The van der Waals surface area contributed by atoms with Crippen LogP contribution in [0, 0.1) is 0 Å². The van der Waals surface area contributed by atoms with Gasteiger partial charge in [-0.2, -0.15) is 0 Å². The molecule has 0 spiro atoms. The van der Waals surface area contributed by atoms with Gasteiger partial charge >= 0.3 is 5.97 Å². The molecule has 2 aliphatic rings. The third-order valence-corrected chi connectivity index (χ3v) is 6.81. The van der Waals surface area contributed by atoms with Gasteiger partial charge in [0.2, 0.25) is 0 Å². The van der Waals surface area contributed by atoms with Crippen molar-refractivity contribution in [2.75, 3.05) is 18.4 Å². The Labute approximate surface area is 204 Å². The molecule has 0 radical (unpaired) electrons. The Bertz CT molecular complexity index is 1240. The van der Waals surface area contributed by atoms with Crippen molar-refractivity contribution >= 4 is 17.7 Å². The molecule has 0 saturated carbocycles. The standard InChI is InChI=1S/C26H30N6O3/c1-2-23-28-14-19(15-29-23)21(13-24(33)34)32-11-10-31-16-17(12-22(31)26(32)35)5-7-20-8-6-18-4-3-9-27-25(18)30-20/h6,8,12,14-16,21H,2-5,7,9-11,13H2,1H3,(H,27,30)(H,33,34). The minimum absolute atomic E-state index is 0.163. The maximum Gasteiger partial charge on any atom is 0.305 e. The van der Waals surface area contributed by atoms with Crippen LogP contribution in [-0.4, -0.2) is 54.5 Å². The summed E-state index contributed by atoms with van der Waals surface area (Å²) < 4.78 is 1.98. The summed E-state index contributed by atoms with van der Waals surface area (Å²) in [4.78, 5) is 40.1. The van der Waals surface area contributed by atoms with Gasteiger partial charge in [0.05, 0.1) is 12.5 Å². The average molecular weight is 475 g/mol. The van der Waals surface area contributed by atoms with E-state index in [4.69, 9.17) is 4.98 Å². The van der Waals surface area contributed by atoms with Crippen LogP contribution in [0.3, 0.4) is 0 Å². The van der Waals surface area contributed by atoms with Gasteiger partial charge < -0.3 is 19.9 Å². The predicted molar refractivity (Wildman–Crippen MR) is 130 cm³/mol. The summed E-state index contributed by atoms with van der Waals surface area (Å²) >= 11 is 0. The largest absolute Gasteiger partial charge is 0.481 e. The second kappa shape index (κ2) is 9.85. The minimum Gasteiger partial charge on any atom is -0.481 e. The highest BCUT2D eigenvalue weighted by Crippen LogP contribution is 2.29. The fraction of sp³-hybridized carbons (Fsp3) is 0.423. The molecule has 0 aromatic carbocycles. The van der Waals surface area contributed by atoms with E-state index in [1.54, 1.807) is 17.3 Å². The van der Waals surface area contributed by atoms with Gasteiger partial charge in [-0.25, -0.2) is 15.0 Å². The highest BCUT2D eigenvalue weighted by atomic mass is 16.4. The van der Waals surface area contributed by atoms with Crippen LogP contribution in [0.4, 0.5) is 5.82 Å². The molecule has 9 heteroatoms. The van der Waals surface area contributed by atoms with Crippen LogP contribution >= 0.6 is 0 Å². The number of carbonyl (C=O) groups is 2. The summed E-state index contributed by atoms with van der Waals surface area (Å²) in [5.41, 5.74) is 4.62. The topological polar surface area (TPSA) is 113 Å². The van der Waals surface area contributed by atoms with Crippen molar-refractivity contribution in [2.45, 2.75) is 58.0 Å². The number of hydrogen-bond acceptors (Lipinski definition) is 6. The van der Waals surface area contributed by atoms with E-state index in [0.29, 0.717) is 36.6 Å². The van der Waals surface area contributed by atoms with Crippen molar-refractivity contribution in [1.29, 1.82) is 0 Å². The van der Waals surface area contributed by atoms with Gasteiger partial charge in [-0.05, 0) is 48.9 Å². The second-order valence-electron chi connectivity index (χ2n) is 9.17. The Morgan fingerprint density at radius 2 is 2.03 bits per heavy atom. The number of anilines is 1. The van der Waals surface area contributed by atoms with E-state index in [9.17, 15) is 14.7 Å². The number of nitrogens with one attached hydrogen (secondary N) is 1. The van der Waals surface area contributed by atoms with E-state index in [1.807, 2.05) is 23.8 Å². The molecule has 5 rings (SSSR count). The minimum atomic E-state index is -0.962. The van der Waals surface area contributed by atoms with Gasteiger partial charge in [0.15, 0.2) is 0 Å². The quantitative estimate of drug-likeness (QED) is 0.516. The summed E-state index contributed by atoms with van der Waals surface area (Å²) in [5.74, 6) is 0.562. The van der Waals surface area contributed by atoms with Crippen molar-refractivity contribution in [3.05, 3.63) is 70.7 Å². The molecule has 2 aliphatic heterocycles. The van der Waals surface area contributed by atoms with E-state index in [1.165, 1.54) is 5.56 Å². The van der Waals surface area contributed by atoms with E-state index in [-0.39, 0.29) is 12.3 Å². The molecule has 0 fully saturated rings. The summed E-state index contributed by atoms with van der Waals surface area (Å²) in [6.45, 7) is 3.98. The number of aryl methyl sites for hydroxylation is 4. The number of carboxylic acid groups (broad SMARTS) is 1. The molecule has 35 heavy (non-hydrogen) atoms. The van der Waals surface area contributed by atoms with Crippen molar-refractivity contribution < 1.29 is 14.7 Å². The van der Waals surface area contributed by atoms with Crippen LogP contribution in [0.15, 0.2) is 36.8 Å². The molecule has 3 aromatic rings. The second-order valence-corrected chi connectivity index (χ2v) is 9.17. The first-order valence-corrected chi connectivity index (χ1v) is 12.3. The van der Waals surface area contributed by atoms with E-state index < -0.39 is 12.0 Å². The Kier molecular flexibility index (Phi) is 6.48. The van der Waals surface area contributed by atoms with Gasteiger partial charge in [0.1, 0.15) is 17.3 Å². The first kappa shape index (κ1) is 23.0. The van der Waals surface area contributed by atoms with Crippen LogP contribution in [-0.2, 0) is 37.0 Å². The van der Waals surface area contributed by atoms with Gasteiger partial charge in [0, 0.05) is 55.9 Å². The summed E-state index contributed by atoms with van der Waals surface area (Å²) in [6.07, 6.45) is 9.61. The Balaban J connectivity index is 1.32. The lowest BCUT2D eigenvalue weighted by atomic mass is 10.0. The third-order valence-electron chi connectivity index (χ3n) is 6.81. The lowest BCUT2D eigenvalue weighted by molar-refractivity contribution is -0.138. The zero-order valence-corrected chi connectivity index (χ0v) is 19.9. The van der Waals surface area contributed by atoms with Crippen LogP contribution in [0.5, 0.6) is 0 Å². The molecule has 1 unspecified atom stereocenters. The number of carbonyl (C=O) groups excluding carboxylic acids is 1. The maximum atomic E-state index is 13.4. The summed E-state index contributed by atoms with van der Waals surface area (Å²) in [5, 5.41) is 12.9. The lowest BCUT2D eigenvalue weighted by Gasteiger charge is -2.34. The fourth-order valence-corrected chi connectivity index (χ4v) is 4.91. The Hall–Kier alpha value is -3.75. The molecule has 2 N–H and O–H groups in total. The average Bonchev–Trinajstić information content (AvgIpc) is 3.30. The number of rotatable bonds is 8. The highest BCUT2D eigenvalue weighted by molar-refractivity contribution is 5.94. The van der Waals surface area contributed by atoms with Crippen molar-refractivity contribution in [1.82, 2.24) is 24.4 Å². The molecule has 5 heterocycles. The molecule has 9 nitrogen and oxygen atoms in total. The van der Waals surface area contributed by atoms with Crippen molar-refractivity contribution in [3.63, 3.8) is 0 Å². The van der Waals surface area contributed by atoms with Gasteiger partial charge in [-0.1, -0.05) is 13.0 Å². The van der Waals surface area contributed by atoms with Gasteiger partial charge in [0.25, 0.3) is 5.91 Å². The van der Waals surface area contributed by atoms with Crippen LogP contribution in [0.2, 0.25) is 0 Å². The third kappa shape index (κ3) is 4.89. The summed E-state index contributed by atoms with van der Waals surface area (Å²) in [6, 6.07) is 5.58. The normalized spacial score (nSPS) is 15.8. The number of carboxylic acids is 1. The zero-order chi connectivity index (χ0) is 24.4. The first-order valence-electron chi connectivity index (χ1n) is 12.3. The summed E-state index contributed by atoms with van der Waals surface area (Å²) in [7, 11) is 0. The molecule has 0 bridgehead atoms. The van der Waals surface area contributed by atoms with Gasteiger partial charge in [-0.15, -0.1) is 0 Å². The Morgan fingerprint density at radius 1 is 1.20 bits per heavy atom. The van der Waals surface area contributed by atoms with Crippen LogP contribution in [0.1, 0.15) is 64.5 Å². The Morgan fingerprint density at radius 3 is 2.80 bits per heavy atom. The van der Waals surface area contributed by atoms with Crippen LogP contribution in [0.25, 0.3) is 0 Å². The highest BCUT2D eigenvalue weighted by Gasteiger charge is 2.33. The van der Waals surface area contributed by atoms with E-state index in [0.717, 1.165) is 49.3 Å². The van der Waals surface area contributed by atoms with E-state index in [2.05, 4.69) is 27.4 Å². The number of hydrogen-bond donors (Lipinski definition) is 2. The van der Waals surface area contributed by atoms with Crippen LogP contribution < -0.4 is 5.32 Å². The first-order chi connectivity index (χ1) is 17.0. The molecule has 182 valence electrons.